The van der Waals surface area contributed by atoms with E-state index in [2.05, 4.69) is 0 Å². The molecule has 1 unspecified atom stereocenters. The van der Waals surface area contributed by atoms with Crippen LogP contribution in [0.15, 0.2) is 47.4 Å². The van der Waals surface area contributed by atoms with Crippen LogP contribution < -0.4 is 0 Å². The van der Waals surface area contributed by atoms with Gasteiger partial charge in [0, 0.05) is 9.92 Å². The second-order valence-corrected chi connectivity index (χ2v) is 5.54. The summed E-state index contributed by atoms with van der Waals surface area (Å²) in [5.41, 5.74) is 0.598. The Kier molecular flexibility index (Phi) is 4.09. The van der Waals surface area contributed by atoms with Crippen LogP contribution in [0.1, 0.15) is 5.56 Å². The normalized spacial score (nSPS) is 12.4. The van der Waals surface area contributed by atoms with Crippen molar-refractivity contribution >= 4 is 22.4 Å². The molecule has 0 fully saturated rings. The molecule has 0 spiro atoms. The summed E-state index contributed by atoms with van der Waals surface area (Å²) in [6.45, 7) is 0. The van der Waals surface area contributed by atoms with Crippen LogP contribution in [0.2, 0.25) is 5.02 Å². The number of hydrogen-bond donors (Lipinski definition) is 0. The summed E-state index contributed by atoms with van der Waals surface area (Å²) in [5, 5.41) is 0.241. The molecule has 0 aliphatic carbocycles. The van der Waals surface area contributed by atoms with Crippen LogP contribution >= 0.6 is 11.6 Å². The topological polar surface area (TPSA) is 17.1 Å². The van der Waals surface area contributed by atoms with Crippen molar-refractivity contribution in [3.63, 3.8) is 0 Å². The first kappa shape index (κ1) is 13.2. The Morgan fingerprint density at radius 3 is 2.22 bits per heavy atom. The molecule has 0 N–H and O–H groups in total. The number of hydrogen-bond acceptors (Lipinski definition) is 1. The van der Waals surface area contributed by atoms with Gasteiger partial charge in [-0.2, -0.15) is 0 Å². The van der Waals surface area contributed by atoms with Gasteiger partial charge in [0.15, 0.2) is 0 Å². The Bertz CT molecular complexity index is 584. The van der Waals surface area contributed by atoms with Gasteiger partial charge in [-0.1, -0.05) is 17.7 Å². The minimum atomic E-state index is -1.33. The van der Waals surface area contributed by atoms with Gasteiger partial charge >= 0.3 is 0 Å². The predicted molar refractivity (Wildman–Crippen MR) is 67.9 cm³/mol. The molecule has 0 saturated heterocycles. The van der Waals surface area contributed by atoms with Gasteiger partial charge in [0.05, 0.1) is 16.6 Å². The van der Waals surface area contributed by atoms with Crippen molar-refractivity contribution in [1.82, 2.24) is 0 Å². The fourth-order valence-corrected chi connectivity index (χ4v) is 2.90. The minimum Gasteiger partial charge on any atom is -0.254 e. The molecule has 2 rings (SSSR count). The molecule has 2 aromatic carbocycles. The molecule has 0 heterocycles. The summed E-state index contributed by atoms with van der Waals surface area (Å²) in [6.07, 6.45) is 0. The largest absolute Gasteiger partial charge is 0.254 e. The fourth-order valence-electron chi connectivity index (χ4n) is 1.45. The molecule has 94 valence electrons. The van der Waals surface area contributed by atoms with Crippen LogP contribution in [0, 0.1) is 11.6 Å². The lowest BCUT2D eigenvalue weighted by Crippen LogP contribution is -1.97. The van der Waals surface area contributed by atoms with Gasteiger partial charge in [-0.25, -0.2) is 8.78 Å². The number of benzene rings is 2. The van der Waals surface area contributed by atoms with Crippen molar-refractivity contribution in [1.29, 1.82) is 0 Å². The van der Waals surface area contributed by atoms with Crippen molar-refractivity contribution in [2.24, 2.45) is 0 Å². The second-order valence-electron chi connectivity index (χ2n) is 3.68. The van der Waals surface area contributed by atoms with E-state index in [-0.39, 0.29) is 16.6 Å². The summed E-state index contributed by atoms with van der Waals surface area (Å²) in [5.74, 6) is -0.642. The van der Waals surface area contributed by atoms with E-state index in [1.54, 1.807) is 0 Å². The van der Waals surface area contributed by atoms with E-state index in [1.807, 2.05) is 0 Å². The van der Waals surface area contributed by atoms with Crippen molar-refractivity contribution in [2.45, 2.75) is 10.6 Å². The lowest BCUT2D eigenvalue weighted by molar-refractivity contribution is 0.625. The Hall–Kier alpha value is -1.26. The Morgan fingerprint density at radius 2 is 1.61 bits per heavy atom. The molecule has 2 aromatic rings. The molecule has 0 saturated carbocycles. The lowest BCUT2D eigenvalue weighted by atomic mass is 10.2. The van der Waals surface area contributed by atoms with Crippen molar-refractivity contribution in [3.05, 3.63) is 64.7 Å². The Balaban J connectivity index is 2.18. The third kappa shape index (κ3) is 3.15. The maximum Gasteiger partial charge on any atom is 0.124 e. The first-order valence-electron chi connectivity index (χ1n) is 5.14. The lowest BCUT2D eigenvalue weighted by Gasteiger charge is -2.05. The molecule has 0 amide bonds. The molecule has 0 radical (unpaired) electrons. The average Bonchev–Trinajstić information content (AvgIpc) is 2.33. The van der Waals surface area contributed by atoms with E-state index < -0.39 is 16.6 Å². The zero-order valence-corrected chi connectivity index (χ0v) is 10.8. The van der Waals surface area contributed by atoms with Crippen LogP contribution in [0.25, 0.3) is 0 Å². The van der Waals surface area contributed by atoms with Gasteiger partial charge in [0.2, 0.25) is 0 Å². The summed E-state index contributed by atoms with van der Waals surface area (Å²) in [6, 6.07) is 9.37. The van der Waals surface area contributed by atoms with Gasteiger partial charge in [-0.15, -0.1) is 0 Å². The standard InChI is InChI=1S/C13H9ClF2OS/c14-13-7-11(16)2-1-9(13)8-18(17)12-5-3-10(15)4-6-12/h1-7H,8H2. The van der Waals surface area contributed by atoms with E-state index in [4.69, 9.17) is 11.6 Å². The molecule has 1 atom stereocenters. The minimum absolute atomic E-state index is 0.171. The van der Waals surface area contributed by atoms with E-state index in [1.165, 1.54) is 42.5 Å². The fraction of sp³-hybridized carbons (Fsp3) is 0.0769. The summed E-state index contributed by atoms with van der Waals surface area (Å²) in [4.78, 5) is 0.511. The molecule has 0 aromatic heterocycles. The van der Waals surface area contributed by atoms with Crippen LogP contribution in [0.3, 0.4) is 0 Å². The number of halogens is 3. The van der Waals surface area contributed by atoms with E-state index in [0.29, 0.717) is 10.5 Å². The van der Waals surface area contributed by atoms with Gasteiger partial charge in [-0.05, 0) is 42.0 Å². The first-order valence-corrected chi connectivity index (χ1v) is 6.84. The van der Waals surface area contributed by atoms with Crippen molar-refractivity contribution in [2.75, 3.05) is 0 Å². The van der Waals surface area contributed by atoms with Crippen molar-refractivity contribution < 1.29 is 13.0 Å². The highest BCUT2D eigenvalue weighted by Crippen LogP contribution is 2.21. The van der Waals surface area contributed by atoms with E-state index in [9.17, 15) is 13.0 Å². The SMILES string of the molecule is O=S(Cc1ccc(F)cc1Cl)c1ccc(F)cc1. The van der Waals surface area contributed by atoms with Gasteiger partial charge in [0.1, 0.15) is 11.6 Å². The molecule has 5 heteroatoms. The highest BCUT2D eigenvalue weighted by Gasteiger charge is 2.09. The van der Waals surface area contributed by atoms with E-state index >= 15 is 0 Å². The molecule has 0 bridgehead atoms. The maximum absolute atomic E-state index is 12.9. The summed E-state index contributed by atoms with van der Waals surface area (Å²) < 4.78 is 37.6. The maximum atomic E-state index is 12.9. The third-order valence-corrected chi connectivity index (χ3v) is 4.10. The van der Waals surface area contributed by atoms with Gasteiger partial charge < -0.3 is 0 Å². The number of rotatable bonds is 3. The highest BCUT2D eigenvalue weighted by atomic mass is 35.5. The van der Waals surface area contributed by atoms with Crippen LogP contribution in [0.5, 0.6) is 0 Å². The van der Waals surface area contributed by atoms with Gasteiger partial charge in [0.25, 0.3) is 0 Å². The monoisotopic (exact) mass is 286 g/mol. The first-order chi connectivity index (χ1) is 8.56. The molecule has 0 aliphatic rings. The molecular weight excluding hydrogens is 278 g/mol. The van der Waals surface area contributed by atoms with E-state index in [0.717, 1.165) is 0 Å². The summed E-state index contributed by atoms with van der Waals surface area (Å²) in [7, 11) is -1.33. The Labute approximate surface area is 111 Å². The zero-order chi connectivity index (χ0) is 13.1. The van der Waals surface area contributed by atoms with Crippen LogP contribution in [0.4, 0.5) is 8.78 Å². The molecule has 0 aliphatic heterocycles. The zero-order valence-electron chi connectivity index (χ0n) is 9.20. The molecular formula is C13H9ClF2OS. The predicted octanol–water partition coefficient (Wildman–Crippen LogP) is 3.93. The summed E-state index contributed by atoms with van der Waals surface area (Å²) >= 11 is 5.85. The highest BCUT2D eigenvalue weighted by molar-refractivity contribution is 7.84. The Morgan fingerprint density at radius 1 is 1.00 bits per heavy atom. The van der Waals surface area contributed by atoms with Crippen molar-refractivity contribution in [3.8, 4) is 0 Å². The second kappa shape index (κ2) is 5.59. The van der Waals surface area contributed by atoms with Gasteiger partial charge in [-0.3, -0.25) is 4.21 Å². The third-order valence-electron chi connectivity index (χ3n) is 2.38. The van der Waals surface area contributed by atoms with Crippen LogP contribution in [-0.2, 0) is 16.6 Å². The smallest absolute Gasteiger partial charge is 0.124 e. The molecule has 1 nitrogen and oxygen atoms in total. The quantitative estimate of drug-likeness (QED) is 0.836. The molecule has 18 heavy (non-hydrogen) atoms. The van der Waals surface area contributed by atoms with Crippen LogP contribution in [-0.4, -0.2) is 4.21 Å². The average molecular weight is 287 g/mol.